The minimum absolute atomic E-state index is 0.204. The van der Waals surface area contributed by atoms with E-state index < -0.39 is 5.97 Å². The number of likely N-dealkylation sites (N-methyl/N-ethyl adjacent to an activating group) is 1. The minimum atomic E-state index is -0.967. The number of carboxylic acids is 1. The predicted octanol–water partition coefficient (Wildman–Crippen LogP) is 3.72. The molecule has 4 heteroatoms. The molecule has 3 nitrogen and oxygen atoms in total. The Hall–Kier alpha value is -2.00. The van der Waals surface area contributed by atoms with Crippen LogP contribution in [0.5, 0.6) is 0 Å². The molecule has 0 saturated heterocycles. The third kappa shape index (κ3) is 3.52. The SMILES string of the molecule is CN(CCc1ccccc1)c1ccc(C(=O)O)cc1Cl. The van der Waals surface area contributed by atoms with Gasteiger partial charge in [0, 0.05) is 13.6 Å². The molecule has 0 bridgehead atoms. The molecule has 20 heavy (non-hydrogen) atoms. The molecule has 0 aliphatic heterocycles. The van der Waals surface area contributed by atoms with Crippen LogP contribution in [0.15, 0.2) is 48.5 Å². The van der Waals surface area contributed by atoms with Crippen LogP contribution in [-0.4, -0.2) is 24.7 Å². The minimum Gasteiger partial charge on any atom is -0.478 e. The summed E-state index contributed by atoms with van der Waals surface area (Å²) in [6.07, 6.45) is 0.911. The first-order valence-electron chi connectivity index (χ1n) is 6.36. The fraction of sp³-hybridized carbons (Fsp3) is 0.188. The Kier molecular flexibility index (Phi) is 4.64. The molecular formula is C16H16ClNO2. The lowest BCUT2D eigenvalue weighted by molar-refractivity contribution is 0.0697. The Balaban J connectivity index is 2.06. The van der Waals surface area contributed by atoms with Gasteiger partial charge in [0.05, 0.1) is 16.3 Å². The number of hydrogen-bond donors (Lipinski definition) is 1. The van der Waals surface area contributed by atoms with Crippen molar-refractivity contribution in [1.82, 2.24) is 0 Å². The number of aromatic carboxylic acids is 1. The number of rotatable bonds is 5. The average molecular weight is 290 g/mol. The number of nitrogens with zero attached hydrogens (tertiary/aromatic N) is 1. The maximum atomic E-state index is 10.9. The molecule has 2 aromatic rings. The summed E-state index contributed by atoms with van der Waals surface area (Å²) in [6.45, 7) is 0.816. The molecule has 0 amide bonds. The van der Waals surface area contributed by atoms with Crippen LogP contribution < -0.4 is 4.90 Å². The Morgan fingerprint density at radius 1 is 1.20 bits per heavy atom. The molecule has 1 N–H and O–H groups in total. The molecule has 0 saturated carbocycles. The van der Waals surface area contributed by atoms with Crippen LogP contribution in [0, 0.1) is 0 Å². The maximum absolute atomic E-state index is 10.9. The molecule has 0 radical (unpaired) electrons. The fourth-order valence-corrected chi connectivity index (χ4v) is 2.34. The van der Waals surface area contributed by atoms with Gasteiger partial charge in [0.25, 0.3) is 0 Å². The van der Waals surface area contributed by atoms with E-state index in [0.29, 0.717) is 5.02 Å². The van der Waals surface area contributed by atoms with E-state index >= 15 is 0 Å². The summed E-state index contributed by atoms with van der Waals surface area (Å²) in [6, 6.07) is 15.0. The van der Waals surface area contributed by atoms with Gasteiger partial charge in [0.2, 0.25) is 0 Å². The van der Waals surface area contributed by atoms with Gasteiger partial charge in [-0.25, -0.2) is 4.79 Å². The van der Waals surface area contributed by atoms with E-state index in [-0.39, 0.29) is 5.56 Å². The van der Waals surface area contributed by atoms with Crippen LogP contribution in [-0.2, 0) is 6.42 Å². The Labute approximate surface area is 123 Å². The van der Waals surface area contributed by atoms with E-state index in [1.807, 2.05) is 30.1 Å². The van der Waals surface area contributed by atoms with Crippen molar-refractivity contribution in [3.8, 4) is 0 Å². The lowest BCUT2D eigenvalue weighted by Crippen LogP contribution is -2.20. The van der Waals surface area contributed by atoms with E-state index in [9.17, 15) is 4.79 Å². The Morgan fingerprint density at radius 2 is 1.90 bits per heavy atom. The highest BCUT2D eigenvalue weighted by Crippen LogP contribution is 2.26. The molecule has 0 spiro atoms. The van der Waals surface area contributed by atoms with Crippen molar-refractivity contribution in [3.05, 3.63) is 64.7 Å². The molecule has 0 aliphatic carbocycles. The van der Waals surface area contributed by atoms with Gasteiger partial charge >= 0.3 is 5.97 Å². The first-order chi connectivity index (χ1) is 9.58. The monoisotopic (exact) mass is 289 g/mol. The fourth-order valence-electron chi connectivity index (χ4n) is 2.01. The zero-order chi connectivity index (χ0) is 14.5. The highest BCUT2D eigenvalue weighted by molar-refractivity contribution is 6.33. The highest BCUT2D eigenvalue weighted by Gasteiger charge is 2.10. The van der Waals surface area contributed by atoms with Crippen molar-refractivity contribution < 1.29 is 9.90 Å². The molecule has 0 atom stereocenters. The van der Waals surface area contributed by atoms with Crippen molar-refractivity contribution in [3.63, 3.8) is 0 Å². The van der Waals surface area contributed by atoms with Gasteiger partial charge in [-0.15, -0.1) is 0 Å². The number of carbonyl (C=O) groups is 1. The molecule has 0 heterocycles. The number of halogens is 1. The molecule has 104 valence electrons. The zero-order valence-electron chi connectivity index (χ0n) is 11.2. The van der Waals surface area contributed by atoms with Crippen molar-refractivity contribution in [2.24, 2.45) is 0 Å². The van der Waals surface area contributed by atoms with Crippen LogP contribution >= 0.6 is 11.6 Å². The van der Waals surface area contributed by atoms with Gasteiger partial charge in [0.1, 0.15) is 0 Å². The van der Waals surface area contributed by atoms with E-state index in [1.54, 1.807) is 12.1 Å². The zero-order valence-corrected chi connectivity index (χ0v) is 12.0. The van der Waals surface area contributed by atoms with Crippen LogP contribution in [0.25, 0.3) is 0 Å². The van der Waals surface area contributed by atoms with Gasteiger partial charge in [-0.1, -0.05) is 41.9 Å². The molecule has 0 fully saturated rings. The summed E-state index contributed by atoms with van der Waals surface area (Å²) in [4.78, 5) is 12.9. The number of benzene rings is 2. The van der Waals surface area contributed by atoms with Gasteiger partial charge < -0.3 is 10.0 Å². The van der Waals surface area contributed by atoms with Crippen molar-refractivity contribution >= 4 is 23.3 Å². The summed E-state index contributed by atoms with van der Waals surface area (Å²) < 4.78 is 0. The third-order valence-corrected chi connectivity index (χ3v) is 3.49. The van der Waals surface area contributed by atoms with Crippen LogP contribution in [0.1, 0.15) is 15.9 Å². The molecule has 0 aromatic heterocycles. The van der Waals surface area contributed by atoms with E-state index in [4.69, 9.17) is 16.7 Å². The largest absolute Gasteiger partial charge is 0.478 e. The Bertz CT molecular complexity index is 599. The average Bonchev–Trinajstić information content (AvgIpc) is 2.45. The standard InChI is InChI=1S/C16H16ClNO2/c1-18(10-9-12-5-3-2-4-6-12)15-8-7-13(16(19)20)11-14(15)17/h2-8,11H,9-10H2,1H3,(H,19,20). The topological polar surface area (TPSA) is 40.5 Å². The van der Waals surface area contributed by atoms with Crippen molar-refractivity contribution in [2.75, 3.05) is 18.5 Å². The number of anilines is 1. The number of hydrogen-bond acceptors (Lipinski definition) is 2. The highest BCUT2D eigenvalue weighted by atomic mass is 35.5. The van der Waals surface area contributed by atoms with Crippen molar-refractivity contribution in [2.45, 2.75) is 6.42 Å². The molecule has 2 aromatic carbocycles. The second-order valence-corrected chi connectivity index (χ2v) is 5.04. The molecular weight excluding hydrogens is 274 g/mol. The summed E-state index contributed by atoms with van der Waals surface area (Å²) in [5.74, 6) is -0.967. The summed E-state index contributed by atoms with van der Waals surface area (Å²) in [5.41, 5.74) is 2.31. The van der Waals surface area contributed by atoms with Crippen molar-refractivity contribution in [1.29, 1.82) is 0 Å². The van der Waals surface area contributed by atoms with Crippen LogP contribution in [0.2, 0.25) is 5.02 Å². The normalized spacial score (nSPS) is 10.3. The predicted molar refractivity (Wildman–Crippen MR) is 81.8 cm³/mol. The van der Waals surface area contributed by atoms with Crippen LogP contribution in [0.3, 0.4) is 0 Å². The van der Waals surface area contributed by atoms with E-state index in [1.165, 1.54) is 11.6 Å². The Morgan fingerprint density at radius 3 is 2.50 bits per heavy atom. The second kappa shape index (κ2) is 6.44. The van der Waals surface area contributed by atoms with Gasteiger partial charge in [0.15, 0.2) is 0 Å². The summed E-state index contributed by atoms with van der Waals surface area (Å²) in [7, 11) is 1.95. The quantitative estimate of drug-likeness (QED) is 0.912. The number of carboxylic acid groups (broad SMARTS) is 1. The van der Waals surface area contributed by atoms with E-state index in [0.717, 1.165) is 18.7 Å². The lowest BCUT2D eigenvalue weighted by atomic mass is 10.1. The first-order valence-corrected chi connectivity index (χ1v) is 6.73. The molecule has 0 unspecified atom stereocenters. The third-order valence-electron chi connectivity index (χ3n) is 3.18. The molecule has 0 aliphatic rings. The van der Waals surface area contributed by atoms with Crippen LogP contribution in [0.4, 0.5) is 5.69 Å². The summed E-state index contributed by atoms with van der Waals surface area (Å²) in [5, 5.41) is 9.38. The molecule has 2 rings (SSSR count). The van der Waals surface area contributed by atoms with Gasteiger partial charge in [-0.05, 0) is 30.2 Å². The lowest BCUT2D eigenvalue weighted by Gasteiger charge is -2.20. The van der Waals surface area contributed by atoms with Gasteiger partial charge in [-0.3, -0.25) is 0 Å². The van der Waals surface area contributed by atoms with Gasteiger partial charge in [-0.2, -0.15) is 0 Å². The summed E-state index contributed by atoms with van der Waals surface area (Å²) >= 11 is 6.15. The van der Waals surface area contributed by atoms with E-state index in [2.05, 4.69) is 12.1 Å². The first kappa shape index (κ1) is 14.4. The smallest absolute Gasteiger partial charge is 0.335 e. The second-order valence-electron chi connectivity index (χ2n) is 4.63. The maximum Gasteiger partial charge on any atom is 0.335 e.